The van der Waals surface area contributed by atoms with Crippen LogP contribution in [0.2, 0.25) is 0 Å². The van der Waals surface area contributed by atoms with Gasteiger partial charge in [0.15, 0.2) is 11.5 Å². The summed E-state index contributed by atoms with van der Waals surface area (Å²) < 4.78 is 30.0. The molecule has 6 nitrogen and oxygen atoms in total. The van der Waals surface area contributed by atoms with Gasteiger partial charge >= 0.3 is 5.97 Å². The lowest BCUT2D eigenvalue weighted by molar-refractivity contribution is 0.0694. The van der Waals surface area contributed by atoms with Gasteiger partial charge in [0.05, 0.1) is 14.2 Å². The maximum absolute atomic E-state index is 13.5. The number of phenolic OH excluding ortho intramolecular Hbond substituents is 1. The van der Waals surface area contributed by atoms with E-state index in [0.717, 1.165) is 5.57 Å². The van der Waals surface area contributed by atoms with E-state index in [1.807, 2.05) is 19.9 Å². The van der Waals surface area contributed by atoms with Crippen LogP contribution in [0, 0.1) is 5.82 Å². The van der Waals surface area contributed by atoms with Crippen LogP contribution in [0.4, 0.5) is 4.39 Å². The van der Waals surface area contributed by atoms with Crippen molar-refractivity contribution >= 4 is 5.97 Å². The largest absolute Gasteiger partial charge is 0.504 e. The van der Waals surface area contributed by atoms with Crippen LogP contribution in [0.5, 0.6) is 23.0 Å². The van der Waals surface area contributed by atoms with Gasteiger partial charge in [-0.25, -0.2) is 9.18 Å². The van der Waals surface area contributed by atoms with Gasteiger partial charge in [0, 0.05) is 11.1 Å². The number of allylic oxidation sites excluding steroid dienone is 1. The SMILES string of the molecule is COc1cc(-c2ccc(OCC=C(C)C)c(O)c2)c(OC)c(C(=O)O)c1-c1ccc(F)cc1. The van der Waals surface area contributed by atoms with E-state index in [0.29, 0.717) is 29.0 Å². The van der Waals surface area contributed by atoms with Gasteiger partial charge in [0.1, 0.15) is 29.5 Å². The van der Waals surface area contributed by atoms with Gasteiger partial charge in [-0.1, -0.05) is 23.8 Å². The molecule has 7 heteroatoms. The van der Waals surface area contributed by atoms with Gasteiger partial charge in [-0.05, 0) is 61.4 Å². The summed E-state index contributed by atoms with van der Waals surface area (Å²) in [6.07, 6.45) is 1.88. The molecule has 3 rings (SSSR count). The second kappa shape index (κ2) is 10.1. The predicted molar refractivity (Wildman–Crippen MR) is 124 cm³/mol. The van der Waals surface area contributed by atoms with Crippen molar-refractivity contribution in [3.8, 4) is 45.3 Å². The first-order valence-corrected chi connectivity index (χ1v) is 10.1. The molecule has 0 amide bonds. The van der Waals surface area contributed by atoms with E-state index in [9.17, 15) is 19.4 Å². The zero-order chi connectivity index (χ0) is 24.1. The highest BCUT2D eigenvalue weighted by Gasteiger charge is 2.26. The fraction of sp³-hybridized carbons (Fsp3) is 0.192. The minimum Gasteiger partial charge on any atom is -0.504 e. The number of aromatic carboxylic acids is 1. The van der Waals surface area contributed by atoms with Crippen molar-refractivity contribution < 1.29 is 33.6 Å². The Kier molecular flexibility index (Phi) is 7.23. The molecule has 2 N–H and O–H groups in total. The van der Waals surface area contributed by atoms with Gasteiger partial charge in [-0.15, -0.1) is 0 Å². The standard InChI is InChI=1S/C26H25FO6/c1-15(2)11-12-33-21-10-7-17(13-20(21)28)19-14-22(31-3)23(16-5-8-18(27)9-6-16)24(26(29)30)25(19)32-4/h5-11,13-14,28H,12H2,1-4H3,(H,29,30). The molecule has 0 aliphatic carbocycles. The smallest absolute Gasteiger partial charge is 0.340 e. The van der Waals surface area contributed by atoms with Gasteiger partial charge in [-0.3, -0.25) is 0 Å². The molecule has 0 heterocycles. The van der Waals surface area contributed by atoms with E-state index >= 15 is 0 Å². The van der Waals surface area contributed by atoms with Crippen molar-refractivity contribution in [2.75, 3.05) is 20.8 Å². The number of ether oxygens (including phenoxy) is 3. The third-order valence-electron chi connectivity index (χ3n) is 5.01. The van der Waals surface area contributed by atoms with Gasteiger partial charge in [0.2, 0.25) is 0 Å². The van der Waals surface area contributed by atoms with Crippen LogP contribution < -0.4 is 14.2 Å². The monoisotopic (exact) mass is 452 g/mol. The Morgan fingerprint density at radius 1 is 0.970 bits per heavy atom. The lowest BCUT2D eigenvalue weighted by atomic mass is 9.92. The first-order valence-electron chi connectivity index (χ1n) is 10.1. The highest BCUT2D eigenvalue weighted by molar-refractivity contribution is 6.04. The van der Waals surface area contributed by atoms with Crippen molar-refractivity contribution in [1.29, 1.82) is 0 Å². The molecular weight excluding hydrogens is 427 g/mol. The first kappa shape index (κ1) is 23.7. The molecule has 0 unspecified atom stereocenters. The second-order valence-electron chi connectivity index (χ2n) is 7.50. The Morgan fingerprint density at radius 2 is 1.64 bits per heavy atom. The molecule has 33 heavy (non-hydrogen) atoms. The predicted octanol–water partition coefficient (Wildman–Crippen LogP) is 5.93. The van der Waals surface area contributed by atoms with Crippen LogP contribution in [-0.2, 0) is 0 Å². The summed E-state index contributed by atoms with van der Waals surface area (Å²) in [5.41, 5.74) is 2.58. The number of halogens is 1. The van der Waals surface area contributed by atoms with E-state index in [-0.39, 0.29) is 28.4 Å². The highest BCUT2D eigenvalue weighted by Crippen LogP contribution is 2.46. The summed E-state index contributed by atoms with van der Waals surface area (Å²) >= 11 is 0. The van der Waals surface area contributed by atoms with Crippen LogP contribution in [0.1, 0.15) is 24.2 Å². The molecule has 3 aromatic rings. The lowest BCUT2D eigenvalue weighted by Crippen LogP contribution is -2.07. The number of carboxylic acid groups (broad SMARTS) is 1. The average molecular weight is 452 g/mol. The summed E-state index contributed by atoms with van der Waals surface area (Å²) in [6, 6.07) is 11.8. The molecule has 0 aliphatic rings. The molecule has 0 atom stereocenters. The third-order valence-corrected chi connectivity index (χ3v) is 5.01. The molecule has 0 saturated carbocycles. The average Bonchev–Trinajstić information content (AvgIpc) is 2.79. The first-order chi connectivity index (χ1) is 15.8. The molecule has 0 aromatic heterocycles. The molecule has 0 spiro atoms. The molecular formula is C26H25FO6. The topological polar surface area (TPSA) is 85.2 Å². The summed E-state index contributed by atoms with van der Waals surface area (Å²) in [5.74, 6) is -1.14. The Balaban J connectivity index is 2.18. The van der Waals surface area contributed by atoms with E-state index in [4.69, 9.17) is 14.2 Å². The summed E-state index contributed by atoms with van der Waals surface area (Å²) in [5, 5.41) is 20.5. The van der Waals surface area contributed by atoms with Crippen LogP contribution in [-0.4, -0.2) is 37.0 Å². The molecule has 0 radical (unpaired) electrons. The molecule has 3 aromatic carbocycles. The second-order valence-corrected chi connectivity index (χ2v) is 7.50. The van der Waals surface area contributed by atoms with Crippen LogP contribution >= 0.6 is 0 Å². The molecule has 0 bridgehead atoms. The van der Waals surface area contributed by atoms with Gasteiger partial charge in [0.25, 0.3) is 0 Å². The number of benzene rings is 3. The zero-order valence-corrected chi connectivity index (χ0v) is 18.8. The number of hydrogen-bond acceptors (Lipinski definition) is 5. The third kappa shape index (κ3) is 5.09. The van der Waals surface area contributed by atoms with Crippen molar-refractivity contribution in [2.45, 2.75) is 13.8 Å². The van der Waals surface area contributed by atoms with E-state index in [1.54, 1.807) is 18.2 Å². The lowest BCUT2D eigenvalue weighted by Gasteiger charge is -2.19. The quantitative estimate of drug-likeness (QED) is 0.412. The van der Waals surface area contributed by atoms with Crippen LogP contribution in [0.15, 0.2) is 60.2 Å². The van der Waals surface area contributed by atoms with Crippen molar-refractivity contribution in [2.24, 2.45) is 0 Å². The van der Waals surface area contributed by atoms with Crippen LogP contribution in [0.25, 0.3) is 22.3 Å². The van der Waals surface area contributed by atoms with Crippen LogP contribution in [0.3, 0.4) is 0 Å². The highest BCUT2D eigenvalue weighted by atomic mass is 19.1. The van der Waals surface area contributed by atoms with E-state index in [2.05, 4.69) is 0 Å². The Morgan fingerprint density at radius 3 is 2.18 bits per heavy atom. The Bertz CT molecular complexity index is 1190. The van der Waals surface area contributed by atoms with Crippen molar-refractivity contribution in [3.63, 3.8) is 0 Å². The maximum Gasteiger partial charge on any atom is 0.340 e. The number of rotatable bonds is 8. The van der Waals surface area contributed by atoms with Gasteiger partial charge in [-0.2, -0.15) is 0 Å². The Hall–Kier alpha value is -4.00. The maximum atomic E-state index is 13.5. The number of methoxy groups -OCH3 is 2. The number of carbonyl (C=O) groups is 1. The van der Waals surface area contributed by atoms with Crippen molar-refractivity contribution in [3.05, 3.63) is 71.6 Å². The minimum atomic E-state index is -1.24. The summed E-state index contributed by atoms with van der Waals surface area (Å²) in [6.45, 7) is 4.20. The fourth-order valence-corrected chi connectivity index (χ4v) is 3.44. The molecule has 0 fully saturated rings. The number of carboxylic acids is 1. The summed E-state index contributed by atoms with van der Waals surface area (Å²) in [7, 11) is 2.78. The number of aromatic hydroxyl groups is 1. The number of hydrogen-bond donors (Lipinski definition) is 2. The summed E-state index contributed by atoms with van der Waals surface area (Å²) in [4.78, 5) is 12.3. The fourth-order valence-electron chi connectivity index (χ4n) is 3.44. The number of phenols is 1. The Labute approximate surface area is 191 Å². The molecule has 0 aliphatic heterocycles. The van der Waals surface area contributed by atoms with Gasteiger partial charge < -0.3 is 24.4 Å². The molecule has 0 saturated heterocycles. The van der Waals surface area contributed by atoms with E-state index < -0.39 is 11.8 Å². The molecule has 172 valence electrons. The normalized spacial score (nSPS) is 10.5. The minimum absolute atomic E-state index is 0.0836. The van der Waals surface area contributed by atoms with E-state index in [1.165, 1.54) is 44.6 Å². The van der Waals surface area contributed by atoms with Crippen molar-refractivity contribution in [1.82, 2.24) is 0 Å². The zero-order valence-electron chi connectivity index (χ0n) is 18.8.